The minimum absolute atomic E-state index is 0.286. The Hall–Kier alpha value is -0.890. The molecular formula is C13H18O2. The number of unbranched alkanes of at least 4 members (excludes halogenated alkanes) is 2. The van der Waals surface area contributed by atoms with Gasteiger partial charge in [-0.1, -0.05) is 12.5 Å². The van der Waals surface area contributed by atoms with Gasteiger partial charge in [-0.05, 0) is 30.9 Å². The molecule has 1 saturated heterocycles. The van der Waals surface area contributed by atoms with Crippen LogP contribution in [0, 0.1) is 5.92 Å². The third-order valence-corrected chi connectivity index (χ3v) is 3.30. The van der Waals surface area contributed by atoms with E-state index in [-0.39, 0.29) is 5.78 Å². The van der Waals surface area contributed by atoms with Crippen LogP contribution in [0.2, 0.25) is 0 Å². The fourth-order valence-corrected chi connectivity index (χ4v) is 2.48. The molecule has 0 amide bonds. The Morgan fingerprint density at radius 3 is 3.20 bits per heavy atom. The Kier molecular flexibility index (Phi) is 3.37. The van der Waals surface area contributed by atoms with Crippen molar-refractivity contribution in [2.24, 2.45) is 5.92 Å². The summed E-state index contributed by atoms with van der Waals surface area (Å²) in [4.78, 5) is 11.2. The van der Waals surface area contributed by atoms with Crippen LogP contribution in [-0.4, -0.2) is 18.5 Å². The number of fused-ring (bicyclic) bond motifs is 1. The monoisotopic (exact) mass is 206 g/mol. The highest BCUT2D eigenvalue weighted by atomic mass is 16.5. The first-order valence-electron chi connectivity index (χ1n) is 5.77. The minimum atomic E-state index is 0.286. The zero-order valence-electron chi connectivity index (χ0n) is 9.08. The van der Waals surface area contributed by atoms with Gasteiger partial charge in [0.25, 0.3) is 0 Å². The van der Waals surface area contributed by atoms with E-state index in [1.54, 1.807) is 6.08 Å². The molecule has 2 nitrogen and oxygen atoms in total. The first-order valence-corrected chi connectivity index (χ1v) is 5.77. The summed E-state index contributed by atoms with van der Waals surface area (Å²) in [5.74, 6) is 0.690. The van der Waals surface area contributed by atoms with Crippen LogP contribution in [0.4, 0.5) is 0 Å². The standard InChI is InChI=1S/C13H18O2/c1-2-3-4-5-6-13-12-8-11(14)7-10(12)9-15-13/h2,7,12-13H,1,3-6,8-9H2/t12-,13+/m1/s1. The SMILES string of the molecule is C=CCCCC[C@@H]1OCC2=CC(=O)C[C@H]21. The Labute approximate surface area is 91.0 Å². The van der Waals surface area contributed by atoms with Crippen LogP contribution in [0.15, 0.2) is 24.3 Å². The van der Waals surface area contributed by atoms with Crippen LogP contribution >= 0.6 is 0 Å². The number of hydrogen-bond acceptors (Lipinski definition) is 2. The molecule has 0 bridgehead atoms. The molecule has 0 aromatic rings. The smallest absolute Gasteiger partial charge is 0.156 e. The summed E-state index contributed by atoms with van der Waals surface area (Å²) in [5, 5.41) is 0. The number of allylic oxidation sites excluding steroid dienone is 2. The van der Waals surface area contributed by atoms with Gasteiger partial charge in [0, 0.05) is 12.3 Å². The van der Waals surface area contributed by atoms with E-state index in [2.05, 4.69) is 6.58 Å². The van der Waals surface area contributed by atoms with Crippen LogP contribution < -0.4 is 0 Å². The van der Waals surface area contributed by atoms with Gasteiger partial charge < -0.3 is 4.74 Å². The molecule has 0 radical (unpaired) electrons. The maximum absolute atomic E-state index is 11.2. The second-order valence-electron chi connectivity index (χ2n) is 4.42. The van der Waals surface area contributed by atoms with E-state index in [0.29, 0.717) is 25.0 Å². The topological polar surface area (TPSA) is 26.3 Å². The summed E-state index contributed by atoms with van der Waals surface area (Å²) in [6.07, 6.45) is 9.25. The van der Waals surface area contributed by atoms with Crippen LogP contribution in [0.1, 0.15) is 32.1 Å². The van der Waals surface area contributed by atoms with E-state index in [1.807, 2.05) is 6.08 Å². The van der Waals surface area contributed by atoms with Gasteiger partial charge in [-0.2, -0.15) is 0 Å². The van der Waals surface area contributed by atoms with E-state index in [9.17, 15) is 4.79 Å². The Balaban J connectivity index is 1.78. The van der Waals surface area contributed by atoms with Crippen molar-refractivity contribution in [1.82, 2.24) is 0 Å². The largest absolute Gasteiger partial charge is 0.373 e. The number of ketones is 1. The molecule has 0 aromatic carbocycles. The van der Waals surface area contributed by atoms with Gasteiger partial charge in [0.05, 0.1) is 12.7 Å². The van der Waals surface area contributed by atoms with E-state index < -0.39 is 0 Å². The number of rotatable bonds is 5. The molecule has 15 heavy (non-hydrogen) atoms. The van der Waals surface area contributed by atoms with Gasteiger partial charge in [0.2, 0.25) is 0 Å². The second-order valence-corrected chi connectivity index (χ2v) is 4.42. The van der Waals surface area contributed by atoms with E-state index in [4.69, 9.17) is 4.74 Å². The molecule has 0 spiro atoms. The first-order chi connectivity index (χ1) is 7.31. The van der Waals surface area contributed by atoms with Crippen molar-refractivity contribution in [3.05, 3.63) is 24.3 Å². The third-order valence-electron chi connectivity index (χ3n) is 3.30. The number of ether oxygens (including phenoxy) is 1. The zero-order valence-corrected chi connectivity index (χ0v) is 9.08. The fraction of sp³-hybridized carbons (Fsp3) is 0.615. The van der Waals surface area contributed by atoms with Crippen LogP contribution in [0.25, 0.3) is 0 Å². The van der Waals surface area contributed by atoms with Crippen molar-refractivity contribution in [1.29, 1.82) is 0 Å². The Morgan fingerprint density at radius 2 is 2.40 bits per heavy atom. The quantitative estimate of drug-likeness (QED) is 0.510. The van der Waals surface area contributed by atoms with Crippen LogP contribution in [-0.2, 0) is 9.53 Å². The number of carbonyl (C=O) groups excluding carboxylic acids is 1. The average molecular weight is 206 g/mol. The molecule has 1 aliphatic heterocycles. The molecule has 1 heterocycles. The van der Waals surface area contributed by atoms with Crippen molar-refractivity contribution in [3.8, 4) is 0 Å². The molecule has 2 rings (SSSR count). The fourth-order valence-electron chi connectivity index (χ4n) is 2.48. The van der Waals surface area contributed by atoms with Crippen LogP contribution in [0.3, 0.4) is 0 Å². The maximum Gasteiger partial charge on any atom is 0.156 e. The highest BCUT2D eigenvalue weighted by molar-refractivity contribution is 5.93. The highest BCUT2D eigenvalue weighted by Crippen LogP contribution is 2.36. The van der Waals surface area contributed by atoms with Gasteiger partial charge in [0.15, 0.2) is 5.78 Å². The first kappa shape index (κ1) is 10.6. The molecule has 0 unspecified atom stereocenters. The molecular weight excluding hydrogens is 188 g/mol. The van der Waals surface area contributed by atoms with E-state index >= 15 is 0 Å². The second kappa shape index (κ2) is 4.75. The van der Waals surface area contributed by atoms with Gasteiger partial charge in [-0.25, -0.2) is 0 Å². The summed E-state index contributed by atoms with van der Waals surface area (Å²) in [6.45, 7) is 4.39. The van der Waals surface area contributed by atoms with Crippen LogP contribution in [0.5, 0.6) is 0 Å². The summed E-state index contributed by atoms with van der Waals surface area (Å²) >= 11 is 0. The maximum atomic E-state index is 11.2. The number of carbonyl (C=O) groups is 1. The average Bonchev–Trinajstić information content (AvgIpc) is 2.73. The van der Waals surface area contributed by atoms with Crippen molar-refractivity contribution in [3.63, 3.8) is 0 Å². The molecule has 2 aliphatic rings. The summed E-state index contributed by atoms with van der Waals surface area (Å²) < 4.78 is 5.70. The van der Waals surface area contributed by atoms with E-state index in [1.165, 1.54) is 18.4 Å². The predicted molar refractivity (Wildman–Crippen MR) is 59.6 cm³/mol. The minimum Gasteiger partial charge on any atom is -0.373 e. The van der Waals surface area contributed by atoms with Gasteiger partial charge in [-0.15, -0.1) is 6.58 Å². The van der Waals surface area contributed by atoms with Crippen molar-refractivity contribution in [2.75, 3.05) is 6.61 Å². The molecule has 2 atom stereocenters. The lowest BCUT2D eigenvalue weighted by atomic mass is 9.94. The highest BCUT2D eigenvalue weighted by Gasteiger charge is 2.37. The lowest BCUT2D eigenvalue weighted by Crippen LogP contribution is -2.16. The summed E-state index contributed by atoms with van der Waals surface area (Å²) in [6, 6.07) is 0. The molecule has 1 aliphatic carbocycles. The molecule has 0 aromatic heterocycles. The molecule has 82 valence electrons. The molecule has 2 heteroatoms. The molecule has 1 fully saturated rings. The molecule has 0 N–H and O–H groups in total. The Bertz CT molecular complexity index is 291. The van der Waals surface area contributed by atoms with Gasteiger partial charge >= 0.3 is 0 Å². The van der Waals surface area contributed by atoms with E-state index in [0.717, 1.165) is 12.8 Å². The van der Waals surface area contributed by atoms with Crippen molar-refractivity contribution < 1.29 is 9.53 Å². The third kappa shape index (κ3) is 2.37. The normalized spacial score (nSPS) is 29.1. The number of hydrogen-bond donors (Lipinski definition) is 0. The lowest BCUT2D eigenvalue weighted by Gasteiger charge is -2.14. The van der Waals surface area contributed by atoms with Crippen molar-refractivity contribution in [2.45, 2.75) is 38.2 Å². The molecule has 0 saturated carbocycles. The predicted octanol–water partition coefficient (Wildman–Crippen LogP) is 2.65. The zero-order chi connectivity index (χ0) is 10.7. The Morgan fingerprint density at radius 1 is 1.53 bits per heavy atom. The summed E-state index contributed by atoms with van der Waals surface area (Å²) in [7, 11) is 0. The van der Waals surface area contributed by atoms with Gasteiger partial charge in [-0.3, -0.25) is 4.79 Å². The van der Waals surface area contributed by atoms with Gasteiger partial charge in [0.1, 0.15) is 0 Å². The lowest BCUT2D eigenvalue weighted by molar-refractivity contribution is -0.115. The summed E-state index contributed by atoms with van der Waals surface area (Å²) in [5.41, 5.74) is 1.23. The van der Waals surface area contributed by atoms with Crippen molar-refractivity contribution >= 4 is 5.78 Å².